The molecule has 5 rings (SSSR count). The van der Waals surface area contributed by atoms with E-state index < -0.39 is 11.7 Å². The highest BCUT2D eigenvalue weighted by Crippen LogP contribution is 2.34. The highest BCUT2D eigenvalue weighted by molar-refractivity contribution is 5.94. The number of hydrogen-bond acceptors (Lipinski definition) is 9. The number of nitrogens with two attached hydrogens (primary N) is 1. The molecule has 0 bridgehead atoms. The van der Waals surface area contributed by atoms with Crippen LogP contribution in [0.5, 0.6) is 0 Å². The van der Waals surface area contributed by atoms with E-state index in [-0.39, 0.29) is 48.2 Å². The number of alkyl halides is 2. The lowest BCUT2D eigenvalue weighted by Crippen LogP contribution is -2.48. The van der Waals surface area contributed by atoms with E-state index in [2.05, 4.69) is 26.7 Å². The molecule has 2 aromatic heterocycles. The normalized spacial score (nSPS) is 22.5. The molecule has 0 aromatic carbocycles. The number of piperidine rings is 1. The molecule has 41 heavy (non-hydrogen) atoms. The van der Waals surface area contributed by atoms with Crippen molar-refractivity contribution in [2.75, 3.05) is 36.0 Å². The maximum absolute atomic E-state index is 14.3. The quantitative estimate of drug-likeness (QED) is 0.422. The predicted octanol–water partition coefficient (Wildman–Crippen LogP) is 3.99. The predicted molar refractivity (Wildman–Crippen MR) is 147 cm³/mol. The van der Waals surface area contributed by atoms with Crippen LogP contribution in [0.15, 0.2) is 53.6 Å². The first-order chi connectivity index (χ1) is 19.6. The second-order valence-electron chi connectivity index (χ2n) is 11.0. The maximum atomic E-state index is 14.3. The number of allylic oxidation sites excluding steroid dienone is 5. The van der Waals surface area contributed by atoms with E-state index in [1.54, 1.807) is 35.5 Å². The fourth-order valence-corrected chi connectivity index (χ4v) is 5.42. The number of halogens is 3. The lowest BCUT2D eigenvalue weighted by molar-refractivity contribution is 0.00558. The van der Waals surface area contributed by atoms with Crippen LogP contribution in [0.2, 0.25) is 0 Å². The smallest absolute Gasteiger partial charge is 0.324 e. The summed E-state index contributed by atoms with van der Waals surface area (Å²) < 4.78 is 46.3. The molecule has 1 saturated carbocycles. The maximum Gasteiger partial charge on any atom is 0.324 e. The van der Waals surface area contributed by atoms with Crippen molar-refractivity contribution in [3.63, 3.8) is 0 Å². The molecule has 0 spiro atoms. The molecule has 10 nitrogen and oxygen atoms in total. The SMILES string of the molecule is C=C/C=C\C=C(\F)C[C@H]1CN(c2ncc(C(=O)N(C3CC3)C3CCN(c4nc(C(C)(F)F)no4)CC3)cn2)C[C@@H]1N. The van der Waals surface area contributed by atoms with E-state index in [1.165, 1.54) is 6.08 Å². The van der Waals surface area contributed by atoms with E-state index in [1.807, 2.05) is 9.80 Å². The van der Waals surface area contributed by atoms with Gasteiger partial charge in [-0.3, -0.25) is 4.79 Å². The standard InChI is InChI=1S/C28H35F3N8O2/c1-3-4-5-6-20(29)13-18-16-38(17-23(18)32)26-33-14-19(15-34-26)24(40)39(21-7-8-21)22-9-11-37(12-10-22)27-35-25(36-41-27)28(2,30)31/h3-6,14-15,18,21-23H,1,7-13,16-17,32H2,2H3/b5-4-,20-6+/t18-,23-/m0/s1. The van der Waals surface area contributed by atoms with Gasteiger partial charge in [-0.05, 0) is 37.7 Å². The second kappa shape index (κ2) is 12.0. The Morgan fingerprint density at radius 3 is 2.44 bits per heavy atom. The summed E-state index contributed by atoms with van der Waals surface area (Å²) in [4.78, 5) is 31.9. The van der Waals surface area contributed by atoms with E-state index in [9.17, 15) is 18.0 Å². The lowest BCUT2D eigenvalue weighted by Gasteiger charge is -2.38. The van der Waals surface area contributed by atoms with Crippen molar-refractivity contribution in [1.82, 2.24) is 25.0 Å². The molecule has 13 heteroatoms. The van der Waals surface area contributed by atoms with E-state index in [0.717, 1.165) is 19.8 Å². The summed E-state index contributed by atoms with van der Waals surface area (Å²) in [5.74, 6) is -3.81. The van der Waals surface area contributed by atoms with E-state index in [0.29, 0.717) is 50.5 Å². The molecule has 2 saturated heterocycles. The van der Waals surface area contributed by atoms with Crippen molar-refractivity contribution in [2.45, 2.75) is 63.1 Å². The van der Waals surface area contributed by atoms with Crippen LogP contribution < -0.4 is 15.5 Å². The third-order valence-electron chi connectivity index (χ3n) is 7.75. The van der Waals surface area contributed by atoms with Crippen LogP contribution in [0.25, 0.3) is 0 Å². The zero-order valence-corrected chi connectivity index (χ0v) is 23.0. The highest BCUT2D eigenvalue weighted by Gasteiger charge is 2.40. The van der Waals surface area contributed by atoms with Gasteiger partial charge in [0.1, 0.15) is 5.83 Å². The van der Waals surface area contributed by atoms with Gasteiger partial charge in [-0.25, -0.2) is 14.4 Å². The topological polar surface area (TPSA) is 118 Å². The Morgan fingerprint density at radius 1 is 1.15 bits per heavy atom. The van der Waals surface area contributed by atoms with E-state index >= 15 is 0 Å². The van der Waals surface area contributed by atoms with Gasteiger partial charge in [0, 0.05) is 70.0 Å². The number of anilines is 2. The Bertz CT molecular complexity index is 1280. The molecule has 3 fully saturated rings. The third kappa shape index (κ3) is 6.77. The van der Waals surface area contributed by atoms with Gasteiger partial charge < -0.3 is 25.0 Å². The van der Waals surface area contributed by atoms with Gasteiger partial charge in [0.05, 0.1) is 5.56 Å². The first-order valence-electron chi connectivity index (χ1n) is 13.9. The van der Waals surface area contributed by atoms with Crippen LogP contribution in [0.1, 0.15) is 55.2 Å². The fraction of sp³-hybridized carbons (Fsp3) is 0.536. The molecular formula is C28H35F3N8O2. The second-order valence-corrected chi connectivity index (χ2v) is 11.0. The van der Waals surface area contributed by atoms with Gasteiger partial charge in [-0.1, -0.05) is 30.0 Å². The molecule has 4 heterocycles. The number of hydrogen-bond donors (Lipinski definition) is 1. The average molecular weight is 573 g/mol. The number of amides is 1. The average Bonchev–Trinajstić information content (AvgIpc) is 3.51. The minimum absolute atomic E-state index is 0.0115. The van der Waals surface area contributed by atoms with Crippen molar-refractivity contribution < 1.29 is 22.5 Å². The molecular weight excluding hydrogens is 537 g/mol. The monoisotopic (exact) mass is 572 g/mol. The zero-order valence-electron chi connectivity index (χ0n) is 23.0. The molecule has 0 radical (unpaired) electrons. The summed E-state index contributed by atoms with van der Waals surface area (Å²) in [6.45, 7) is 6.32. The Balaban J connectivity index is 1.19. The summed E-state index contributed by atoms with van der Waals surface area (Å²) in [5.41, 5.74) is 6.68. The summed E-state index contributed by atoms with van der Waals surface area (Å²) in [6, 6.07) is -0.00650. The van der Waals surface area contributed by atoms with Crippen LogP contribution >= 0.6 is 0 Å². The van der Waals surface area contributed by atoms with Gasteiger partial charge >= 0.3 is 11.9 Å². The van der Waals surface area contributed by atoms with Crippen molar-refractivity contribution in [3.8, 4) is 0 Å². The number of rotatable bonds is 10. The van der Waals surface area contributed by atoms with Crippen molar-refractivity contribution in [1.29, 1.82) is 0 Å². The largest absolute Gasteiger partial charge is 0.339 e. The summed E-state index contributed by atoms with van der Waals surface area (Å²) in [7, 11) is 0. The fourth-order valence-electron chi connectivity index (χ4n) is 5.42. The summed E-state index contributed by atoms with van der Waals surface area (Å²) >= 11 is 0. The molecule has 2 N–H and O–H groups in total. The Kier molecular flexibility index (Phi) is 8.43. The molecule has 1 amide bonds. The van der Waals surface area contributed by atoms with Gasteiger partial charge in [0.2, 0.25) is 11.8 Å². The van der Waals surface area contributed by atoms with E-state index in [4.69, 9.17) is 10.3 Å². The Labute approximate surface area is 236 Å². The molecule has 2 aliphatic heterocycles. The van der Waals surface area contributed by atoms with Gasteiger partial charge in [-0.15, -0.1) is 0 Å². The van der Waals surface area contributed by atoms with Crippen LogP contribution in [-0.2, 0) is 5.92 Å². The lowest BCUT2D eigenvalue weighted by atomic mass is 10.00. The Hall–Kier alpha value is -3.74. The van der Waals surface area contributed by atoms with Gasteiger partial charge in [0.15, 0.2) is 0 Å². The number of carbonyl (C=O) groups is 1. The van der Waals surface area contributed by atoms with Crippen molar-refractivity contribution in [3.05, 3.63) is 60.5 Å². The summed E-state index contributed by atoms with van der Waals surface area (Å²) in [5, 5.41) is 3.40. The highest BCUT2D eigenvalue weighted by atomic mass is 19.3. The van der Waals surface area contributed by atoms with Crippen molar-refractivity contribution >= 4 is 17.9 Å². The van der Waals surface area contributed by atoms with Crippen molar-refractivity contribution in [2.24, 2.45) is 11.7 Å². The number of nitrogens with zero attached hydrogens (tertiary/aromatic N) is 7. The molecule has 3 aliphatic rings. The summed E-state index contributed by atoms with van der Waals surface area (Å²) in [6.07, 6.45) is 12.7. The minimum atomic E-state index is -3.17. The zero-order chi connectivity index (χ0) is 29.1. The molecule has 2 aromatic rings. The van der Waals surface area contributed by atoms with Crippen LogP contribution in [0.3, 0.4) is 0 Å². The molecule has 1 aliphatic carbocycles. The van der Waals surface area contributed by atoms with Gasteiger partial charge in [0.25, 0.3) is 5.91 Å². The molecule has 0 unspecified atom stereocenters. The number of aromatic nitrogens is 4. The van der Waals surface area contributed by atoms with Crippen LogP contribution in [0.4, 0.5) is 25.1 Å². The Morgan fingerprint density at radius 2 is 1.83 bits per heavy atom. The third-order valence-corrected chi connectivity index (χ3v) is 7.75. The van der Waals surface area contributed by atoms with Crippen LogP contribution in [-0.4, -0.2) is 75.2 Å². The van der Waals surface area contributed by atoms with Gasteiger partial charge in [-0.2, -0.15) is 13.8 Å². The molecule has 2 atom stereocenters. The molecule has 220 valence electrons. The number of carbonyl (C=O) groups excluding carboxylic acids is 1. The van der Waals surface area contributed by atoms with Crippen LogP contribution in [0, 0.1) is 5.92 Å². The first kappa shape index (κ1) is 28.8. The first-order valence-corrected chi connectivity index (χ1v) is 13.9. The minimum Gasteiger partial charge on any atom is -0.339 e.